The fourth-order valence-corrected chi connectivity index (χ4v) is 3.45. The highest BCUT2D eigenvalue weighted by atomic mass is 15.3. The van der Waals surface area contributed by atoms with Crippen LogP contribution in [0.1, 0.15) is 53.4 Å². The van der Waals surface area contributed by atoms with E-state index in [0.717, 1.165) is 37.4 Å². The molecule has 0 radical (unpaired) electrons. The molecule has 2 saturated heterocycles. The maximum Gasteiger partial charge on any atom is 0.191 e. The van der Waals surface area contributed by atoms with Crippen molar-refractivity contribution in [1.82, 2.24) is 9.80 Å². The Bertz CT molecular complexity index is 356. The summed E-state index contributed by atoms with van der Waals surface area (Å²) in [6.45, 7) is 14.6. The zero-order valence-electron chi connectivity index (χ0n) is 14.4. The van der Waals surface area contributed by atoms with Gasteiger partial charge in [-0.3, -0.25) is 9.89 Å². The Morgan fingerprint density at radius 2 is 1.76 bits per heavy atom. The number of likely N-dealkylation sites (tertiary alicyclic amines) is 2. The fourth-order valence-electron chi connectivity index (χ4n) is 3.45. The molecule has 0 saturated carbocycles. The molecule has 0 aromatic carbocycles. The van der Waals surface area contributed by atoms with E-state index in [1.54, 1.807) is 0 Å². The molecular weight excluding hydrogens is 260 g/mol. The van der Waals surface area contributed by atoms with E-state index < -0.39 is 0 Å². The largest absolute Gasteiger partial charge is 0.370 e. The van der Waals surface area contributed by atoms with Gasteiger partial charge in [0.25, 0.3) is 0 Å². The molecule has 0 spiro atoms. The molecule has 122 valence electrons. The third kappa shape index (κ3) is 4.60. The van der Waals surface area contributed by atoms with Gasteiger partial charge in [0, 0.05) is 25.2 Å². The average Bonchev–Trinajstić information content (AvgIpc) is 2.45. The molecule has 2 N–H and O–H groups in total. The Hall–Kier alpha value is -0.770. The minimum absolute atomic E-state index is 0.113. The van der Waals surface area contributed by atoms with Crippen molar-refractivity contribution in [2.45, 2.75) is 58.9 Å². The standard InChI is InChI=1S/C17H34N4/c1-14-7-10-20(11-8-14)16(18)19-13-17(3,4)21-9-5-6-15(2)12-21/h14-15H,5-13H2,1-4H3,(H2,18,19). The molecular formula is C17H34N4. The van der Waals surface area contributed by atoms with Gasteiger partial charge in [0.2, 0.25) is 0 Å². The lowest BCUT2D eigenvalue weighted by molar-refractivity contribution is 0.0772. The van der Waals surface area contributed by atoms with Gasteiger partial charge in [0.15, 0.2) is 5.96 Å². The zero-order chi connectivity index (χ0) is 15.5. The van der Waals surface area contributed by atoms with Crippen LogP contribution in [0.2, 0.25) is 0 Å². The van der Waals surface area contributed by atoms with Crippen molar-refractivity contribution >= 4 is 5.96 Å². The highest BCUT2D eigenvalue weighted by molar-refractivity contribution is 5.78. The highest BCUT2D eigenvalue weighted by Crippen LogP contribution is 2.24. The maximum atomic E-state index is 6.22. The number of hydrogen-bond donors (Lipinski definition) is 1. The van der Waals surface area contributed by atoms with Crippen LogP contribution in [-0.2, 0) is 0 Å². The Morgan fingerprint density at radius 3 is 2.38 bits per heavy atom. The van der Waals surface area contributed by atoms with Crippen LogP contribution in [0.25, 0.3) is 0 Å². The second-order valence-corrected chi connectivity index (χ2v) is 7.85. The number of nitrogens with zero attached hydrogens (tertiary/aromatic N) is 3. The van der Waals surface area contributed by atoms with Crippen molar-refractivity contribution in [2.75, 3.05) is 32.7 Å². The summed E-state index contributed by atoms with van der Waals surface area (Å²) >= 11 is 0. The first kappa shape index (κ1) is 16.6. The second kappa shape index (κ2) is 6.99. The van der Waals surface area contributed by atoms with Crippen molar-refractivity contribution in [3.05, 3.63) is 0 Å². The summed E-state index contributed by atoms with van der Waals surface area (Å²) in [4.78, 5) is 9.58. The third-order valence-electron chi connectivity index (χ3n) is 5.25. The SMILES string of the molecule is CC1CCN(C(N)=NCC(C)(C)N2CCCC(C)C2)CC1. The maximum absolute atomic E-state index is 6.22. The van der Waals surface area contributed by atoms with Gasteiger partial charge in [-0.1, -0.05) is 13.8 Å². The summed E-state index contributed by atoms with van der Waals surface area (Å²) in [5.41, 5.74) is 6.33. The lowest BCUT2D eigenvalue weighted by Crippen LogP contribution is -2.51. The van der Waals surface area contributed by atoms with Gasteiger partial charge in [-0.25, -0.2) is 0 Å². The molecule has 4 nitrogen and oxygen atoms in total. The number of nitrogens with two attached hydrogens (primary N) is 1. The van der Waals surface area contributed by atoms with Crippen LogP contribution >= 0.6 is 0 Å². The van der Waals surface area contributed by atoms with Crippen molar-refractivity contribution in [3.8, 4) is 0 Å². The van der Waals surface area contributed by atoms with Crippen LogP contribution in [0.5, 0.6) is 0 Å². The average molecular weight is 294 g/mol. The highest BCUT2D eigenvalue weighted by Gasteiger charge is 2.30. The van der Waals surface area contributed by atoms with E-state index in [1.807, 2.05) is 0 Å². The van der Waals surface area contributed by atoms with Gasteiger partial charge in [-0.05, 0) is 57.9 Å². The van der Waals surface area contributed by atoms with Gasteiger partial charge in [-0.2, -0.15) is 0 Å². The summed E-state index contributed by atoms with van der Waals surface area (Å²) in [5.74, 6) is 2.39. The quantitative estimate of drug-likeness (QED) is 0.642. The Kier molecular flexibility index (Phi) is 5.53. The molecule has 2 aliphatic rings. The van der Waals surface area contributed by atoms with E-state index in [1.165, 1.54) is 38.8 Å². The minimum atomic E-state index is 0.113. The number of piperidine rings is 2. The van der Waals surface area contributed by atoms with Gasteiger partial charge in [-0.15, -0.1) is 0 Å². The van der Waals surface area contributed by atoms with E-state index >= 15 is 0 Å². The number of rotatable bonds is 3. The van der Waals surface area contributed by atoms with Crippen molar-refractivity contribution < 1.29 is 0 Å². The van der Waals surface area contributed by atoms with E-state index in [2.05, 4.69) is 37.5 Å². The van der Waals surface area contributed by atoms with E-state index in [0.29, 0.717) is 0 Å². The predicted octanol–water partition coefficient (Wildman–Crippen LogP) is 2.54. The van der Waals surface area contributed by atoms with E-state index in [-0.39, 0.29) is 5.54 Å². The number of aliphatic imine (C=N–C) groups is 1. The predicted molar refractivity (Wildman–Crippen MR) is 90.5 cm³/mol. The first-order valence-corrected chi connectivity index (χ1v) is 8.68. The summed E-state index contributed by atoms with van der Waals surface area (Å²) in [5, 5.41) is 0. The van der Waals surface area contributed by atoms with Gasteiger partial charge in [0.1, 0.15) is 0 Å². The second-order valence-electron chi connectivity index (χ2n) is 7.85. The van der Waals surface area contributed by atoms with Crippen LogP contribution in [0.3, 0.4) is 0 Å². The molecule has 2 aliphatic heterocycles. The van der Waals surface area contributed by atoms with E-state index in [9.17, 15) is 0 Å². The number of guanidine groups is 1. The molecule has 2 heterocycles. The minimum Gasteiger partial charge on any atom is -0.370 e. The fraction of sp³-hybridized carbons (Fsp3) is 0.941. The molecule has 0 aliphatic carbocycles. The first-order chi connectivity index (χ1) is 9.88. The van der Waals surface area contributed by atoms with Gasteiger partial charge < -0.3 is 10.6 Å². The lowest BCUT2D eigenvalue weighted by Gasteiger charge is -2.42. The van der Waals surface area contributed by atoms with Crippen molar-refractivity contribution in [1.29, 1.82) is 0 Å². The van der Waals surface area contributed by atoms with Crippen LogP contribution in [0.4, 0.5) is 0 Å². The molecule has 0 aromatic heterocycles. The molecule has 1 unspecified atom stereocenters. The summed E-state index contributed by atoms with van der Waals surface area (Å²) in [6, 6.07) is 0. The molecule has 0 amide bonds. The summed E-state index contributed by atoms with van der Waals surface area (Å²) in [7, 11) is 0. The molecule has 4 heteroatoms. The zero-order valence-corrected chi connectivity index (χ0v) is 14.4. The summed E-state index contributed by atoms with van der Waals surface area (Å²) in [6.07, 6.45) is 5.16. The van der Waals surface area contributed by atoms with Crippen LogP contribution in [0, 0.1) is 11.8 Å². The van der Waals surface area contributed by atoms with Crippen molar-refractivity contribution in [2.24, 2.45) is 22.6 Å². The Labute approximate surface area is 130 Å². The smallest absolute Gasteiger partial charge is 0.191 e. The summed E-state index contributed by atoms with van der Waals surface area (Å²) < 4.78 is 0. The number of hydrogen-bond acceptors (Lipinski definition) is 2. The molecule has 21 heavy (non-hydrogen) atoms. The Balaban J connectivity index is 1.88. The molecule has 2 rings (SSSR count). The molecule has 0 aromatic rings. The monoisotopic (exact) mass is 294 g/mol. The normalized spacial score (nSPS) is 27.1. The molecule has 2 fully saturated rings. The topological polar surface area (TPSA) is 44.9 Å². The molecule has 1 atom stereocenters. The van der Waals surface area contributed by atoms with Gasteiger partial charge >= 0.3 is 0 Å². The molecule has 0 bridgehead atoms. The van der Waals surface area contributed by atoms with Gasteiger partial charge in [0.05, 0.1) is 6.54 Å². The van der Waals surface area contributed by atoms with Crippen molar-refractivity contribution in [3.63, 3.8) is 0 Å². The van der Waals surface area contributed by atoms with Crippen LogP contribution < -0.4 is 5.73 Å². The van der Waals surface area contributed by atoms with E-state index in [4.69, 9.17) is 10.7 Å². The van der Waals surface area contributed by atoms with Crippen LogP contribution in [0.15, 0.2) is 4.99 Å². The third-order valence-corrected chi connectivity index (χ3v) is 5.25. The lowest BCUT2D eigenvalue weighted by atomic mass is 9.93. The Morgan fingerprint density at radius 1 is 1.10 bits per heavy atom. The first-order valence-electron chi connectivity index (χ1n) is 8.68. The van der Waals surface area contributed by atoms with Crippen LogP contribution in [-0.4, -0.2) is 54.0 Å².